The van der Waals surface area contributed by atoms with Gasteiger partial charge in [-0.15, -0.1) is 0 Å². The SMILES string of the molecule is C=CC=CC(C)CCO. The normalized spacial score (nSPS) is 14.0. The summed E-state index contributed by atoms with van der Waals surface area (Å²) in [5.41, 5.74) is 0. The Labute approximate surface area is 56.7 Å². The van der Waals surface area contributed by atoms with E-state index in [0.717, 1.165) is 6.42 Å². The molecule has 0 amide bonds. The molecule has 52 valence electrons. The minimum absolute atomic E-state index is 0.267. The Morgan fingerprint density at radius 3 is 2.78 bits per heavy atom. The van der Waals surface area contributed by atoms with E-state index in [0.29, 0.717) is 5.92 Å². The van der Waals surface area contributed by atoms with Gasteiger partial charge < -0.3 is 5.11 Å². The Balaban J connectivity index is 3.35. The number of aliphatic hydroxyl groups excluding tert-OH is 1. The molecule has 9 heavy (non-hydrogen) atoms. The van der Waals surface area contributed by atoms with Gasteiger partial charge in [0, 0.05) is 6.61 Å². The summed E-state index contributed by atoms with van der Waals surface area (Å²) in [6.45, 7) is 5.88. The Morgan fingerprint density at radius 2 is 2.33 bits per heavy atom. The molecule has 1 heteroatoms. The van der Waals surface area contributed by atoms with Gasteiger partial charge in [0.25, 0.3) is 0 Å². The van der Waals surface area contributed by atoms with Crippen LogP contribution in [-0.2, 0) is 0 Å². The average molecular weight is 126 g/mol. The van der Waals surface area contributed by atoms with Gasteiger partial charge >= 0.3 is 0 Å². The van der Waals surface area contributed by atoms with Crippen LogP contribution in [0.25, 0.3) is 0 Å². The number of aliphatic hydroxyl groups is 1. The van der Waals surface area contributed by atoms with Crippen molar-refractivity contribution in [3.63, 3.8) is 0 Å². The first-order valence-corrected chi connectivity index (χ1v) is 3.21. The summed E-state index contributed by atoms with van der Waals surface area (Å²) in [4.78, 5) is 0. The molecule has 0 spiro atoms. The molecule has 1 nitrogen and oxygen atoms in total. The molecule has 0 radical (unpaired) electrons. The number of hydrogen-bond donors (Lipinski definition) is 1. The van der Waals surface area contributed by atoms with E-state index < -0.39 is 0 Å². The van der Waals surface area contributed by atoms with E-state index in [4.69, 9.17) is 5.11 Å². The number of hydrogen-bond acceptors (Lipinski definition) is 1. The highest BCUT2D eigenvalue weighted by Gasteiger charge is 1.91. The summed E-state index contributed by atoms with van der Waals surface area (Å²) in [6.07, 6.45) is 6.52. The summed E-state index contributed by atoms with van der Waals surface area (Å²) in [7, 11) is 0. The van der Waals surface area contributed by atoms with Gasteiger partial charge in [0.1, 0.15) is 0 Å². The Hall–Kier alpha value is -0.560. The van der Waals surface area contributed by atoms with Crippen LogP contribution < -0.4 is 0 Å². The summed E-state index contributed by atoms with van der Waals surface area (Å²) < 4.78 is 0. The molecule has 0 fully saturated rings. The predicted molar refractivity (Wildman–Crippen MR) is 40.2 cm³/mol. The topological polar surface area (TPSA) is 20.2 Å². The van der Waals surface area contributed by atoms with E-state index in [9.17, 15) is 0 Å². The van der Waals surface area contributed by atoms with Crippen molar-refractivity contribution in [3.05, 3.63) is 24.8 Å². The van der Waals surface area contributed by atoms with Crippen molar-refractivity contribution >= 4 is 0 Å². The molecule has 0 saturated heterocycles. The highest BCUT2D eigenvalue weighted by Crippen LogP contribution is 2.01. The fourth-order valence-corrected chi connectivity index (χ4v) is 0.568. The minimum atomic E-state index is 0.267. The van der Waals surface area contributed by atoms with Crippen molar-refractivity contribution in [2.24, 2.45) is 5.92 Å². The second kappa shape index (κ2) is 5.57. The van der Waals surface area contributed by atoms with Gasteiger partial charge in [-0.2, -0.15) is 0 Å². The highest BCUT2D eigenvalue weighted by atomic mass is 16.2. The zero-order valence-corrected chi connectivity index (χ0v) is 5.88. The maximum absolute atomic E-state index is 8.48. The smallest absolute Gasteiger partial charge is 0.0436 e. The Bertz CT molecular complexity index is 94.7. The summed E-state index contributed by atoms with van der Waals surface area (Å²) in [6, 6.07) is 0. The van der Waals surface area contributed by atoms with Gasteiger partial charge in [0.2, 0.25) is 0 Å². The molecule has 0 bridgehead atoms. The largest absolute Gasteiger partial charge is 0.396 e. The third-order valence-corrected chi connectivity index (χ3v) is 1.16. The van der Waals surface area contributed by atoms with Crippen LogP contribution in [0.4, 0.5) is 0 Å². The first-order chi connectivity index (χ1) is 4.31. The number of allylic oxidation sites excluding steroid dienone is 3. The molecular formula is C8H14O. The van der Waals surface area contributed by atoms with E-state index >= 15 is 0 Å². The van der Waals surface area contributed by atoms with Crippen LogP contribution in [0.5, 0.6) is 0 Å². The van der Waals surface area contributed by atoms with E-state index in [1.54, 1.807) is 6.08 Å². The lowest BCUT2D eigenvalue weighted by molar-refractivity contribution is 0.274. The molecule has 0 heterocycles. The maximum Gasteiger partial charge on any atom is 0.0436 e. The molecule has 1 unspecified atom stereocenters. The zero-order chi connectivity index (χ0) is 7.11. The molecule has 0 aliphatic rings. The van der Waals surface area contributed by atoms with Gasteiger partial charge in [-0.1, -0.05) is 31.7 Å². The van der Waals surface area contributed by atoms with Crippen molar-refractivity contribution in [1.29, 1.82) is 0 Å². The van der Waals surface area contributed by atoms with Crippen LogP contribution in [0.3, 0.4) is 0 Å². The Kier molecular flexibility index (Phi) is 5.23. The molecule has 0 aromatic rings. The molecular weight excluding hydrogens is 112 g/mol. The average Bonchev–Trinajstić information content (AvgIpc) is 1.85. The van der Waals surface area contributed by atoms with Gasteiger partial charge in [-0.25, -0.2) is 0 Å². The van der Waals surface area contributed by atoms with Crippen molar-refractivity contribution < 1.29 is 5.11 Å². The van der Waals surface area contributed by atoms with Crippen LogP contribution in [0.1, 0.15) is 13.3 Å². The molecule has 0 aromatic carbocycles. The fraction of sp³-hybridized carbons (Fsp3) is 0.500. The maximum atomic E-state index is 8.48. The molecule has 1 atom stereocenters. The lowest BCUT2D eigenvalue weighted by Gasteiger charge is -1.99. The van der Waals surface area contributed by atoms with E-state index in [-0.39, 0.29) is 6.61 Å². The zero-order valence-electron chi connectivity index (χ0n) is 5.88. The van der Waals surface area contributed by atoms with Gasteiger partial charge in [0.15, 0.2) is 0 Å². The summed E-state index contributed by atoms with van der Waals surface area (Å²) in [5, 5.41) is 8.48. The third-order valence-electron chi connectivity index (χ3n) is 1.16. The molecule has 1 N–H and O–H groups in total. The van der Waals surface area contributed by atoms with Crippen LogP contribution >= 0.6 is 0 Å². The first kappa shape index (κ1) is 8.44. The fourth-order valence-electron chi connectivity index (χ4n) is 0.568. The lowest BCUT2D eigenvalue weighted by Crippen LogP contribution is -1.92. The van der Waals surface area contributed by atoms with Crippen molar-refractivity contribution in [1.82, 2.24) is 0 Å². The van der Waals surface area contributed by atoms with Gasteiger partial charge in [0.05, 0.1) is 0 Å². The van der Waals surface area contributed by atoms with Crippen LogP contribution in [0, 0.1) is 5.92 Å². The molecule has 0 aliphatic carbocycles. The Morgan fingerprint density at radius 1 is 1.67 bits per heavy atom. The van der Waals surface area contributed by atoms with Gasteiger partial charge in [-0.3, -0.25) is 0 Å². The van der Waals surface area contributed by atoms with Gasteiger partial charge in [-0.05, 0) is 12.3 Å². The highest BCUT2D eigenvalue weighted by molar-refractivity contribution is 4.98. The predicted octanol–water partition coefficient (Wildman–Crippen LogP) is 1.75. The third kappa shape index (κ3) is 5.31. The van der Waals surface area contributed by atoms with Crippen LogP contribution in [-0.4, -0.2) is 11.7 Å². The van der Waals surface area contributed by atoms with Crippen LogP contribution in [0.15, 0.2) is 24.8 Å². The molecule has 0 aliphatic heterocycles. The molecule has 0 rings (SSSR count). The van der Waals surface area contributed by atoms with Crippen molar-refractivity contribution in [3.8, 4) is 0 Å². The summed E-state index contributed by atoms with van der Waals surface area (Å²) in [5.74, 6) is 0.466. The van der Waals surface area contributed by atoms with E-state index in [1.807, 2.05) is 12.2 Å². The molecule has 0 aromatic heterocycles. The summed E-state index contributed by atoms with van der Waals surface area (Å²) >= 11 is 0. The second-order valence-electron chi connectivity index (χ2n) is 2.11. The minimum Gasteiger partial charge on any atom is -0.396 e. The van der Waals surface area contributed by atoms with E-state index in [2.05, 4.69) is 13.5 Å². The first-order valence-electron chi connectivity index (χ1n) is 3.21. The number of rotatable bonds is 4. The second-order valence-corrected chi connectivity index (χ2v) is 2.11. The quantitative estimate of drug-likeness (QED) is 0.569. The molecule has 0 saturated carbocycles. The lowest BCUT2D eigenvalue weighted by atomic mass is 10.1. The standard InChI is InChI=1S/C8H14O/c1-3-4-5-8(2)6-7-9/h3-5,8-9H,1,6-7H2,2H3. The van der Waals surface area contributed by atoms with Crippen molar-refractivity contribution in [2.45, 2.75) is 13.3 Å². The van der Waals surface area contributed by atoms with Crippen molar-refractivity contribution in [2.75, 3.05) is 6.61 Å². The monoisotopic (exact) mass is 126 g/mol. The van der Waals surface area contributed by atoms with Crippen LogP contribution in [0.2, 0.25) is 0 Å². The van der Waals surface area contributed by atoms with E-state index in [1.165, 1.54) is 0 Å².